The second kappa shape index (κ2) is 29.6. The van der Waals surface area contributed by atoms with E-state index in [1.54, 1.807) is 0 Å². The zero-order chi connectivity index (χ0) is 70.3. The predicted octanol–water partition coefficient (Wildman–Crippen LogP) is 34.5. The Kier molecular flexibility index (Phi) is 20.2. The van der Waals surface area contributed by atoms with Gasteiger partial charge in [-0.25, -0.2) is 0 Å². The summed E-state index contributed by atoms with van der Waals surface area (Å²) in [5, 5.41) is 5.58. The van der Waals surface area contributed by atoms with Crippen molar-refractivity contribution in [2.45, 2.75) is 146 Å². The molecule has 13 aromatic heterocycles. The van der Waals surface area contributed by atoms with Gasteiger partial charge in [0.15, 0.2) is 0 Å². The number of hydrogen-bond donors (Lipinski definition) is 0. The van der Waals surface area contributed by atoms with Crippen LogP contribution in [0, 0.1) is 48.5 Å². The topological polar surface area (TPSA) is 0 Å². The summed E-state index contributed by atoms with van der Waals surface area (Å²) >= 11 is 25.5. The van der Waals surface area contributed by atoms with E-state index in [1.165, 1.54) is 266 Å². The summed E-state index contributed by atoms with van der Waals surface area (Å²) in [5.41, 5.74) is 17.3. The summed E-state index contributed by atoms with van der Waals surface area (Å²) in [7, 11) is 0. The van der Waals surface area contributed by atoms with Crippen molar-refractivity contribution in [2.75, 3.05) is 0 Å². The zero-order valence-electron chi connectivity index (χ0n) is 59.8. The first-order chi connectivity index (χ1) is 50.2. The summed E-state index contributed by atoms with van der Waals surface area (Å²) in [6.07, 6.45) is 14.0. The molecule has 518 valence electrons. The highest BCUT2D eigenvalue weighted by Gasteiger charge is 2.28. The van der Waals surface area contributed by atoms with Crippen LogP contribution in [-0.4, -0.2) is 0 Å². The van der Waals surface area contributed by atoms with E-state index in [-0.39, 0.29) is 0 Å². The van der Waals surface area contributed by atoms with Gasteiger partial charge in [0.05, 0.1) is 0 Å². The van der Waals surface area contributed by atoms with Crippen molar-refractivity contribution in [2.24, 2.45) is 0 Å². The van der Waals surface area contributed by atoms with Crippen molar-refractivity contribution in [3.63, 3.8) is 0 Å². The van der Waals surface area contributed by atoms with Crippen molar-refractivity contribution < 1.29 is 0 Å². The average Bonchev–Trinajstić information content (AvgIpc) is 1.65. The maximum Gasteiger partial charge on any atom is 0.0455 e. The van der Waals surface area contributed by atoms with Crippen molar-refractivity contribution in [1.82, 2.24) is 0 Å². The number of unbranched alkanes of at least 4 members (excludes halogenated alkanes) is 6. The van der Waals surface area contributed by atoms with Crippen LogP contribution >= 0.6 is 147 Å². The molecule has 0 aliphatic carbocycles. The maximum atomic E-state index is 2.74. The third-order valence-electron chi connectivity index (χ3n) is 20.5. The lowest BCUT2D eigenvalue weighted by Gasteiger charge is -2.21. The van der Waals surface area contributed by atoms with Crippen LogP contribution in [-0.2, 0) is 19.3 Å². The fourth-order valence-electron chi connectivity index (χ4n) is 14.9. The molecule has 13 heteroatoms. The number of hydrogen-bond acceptors (Lipinski definition) is 13. The molecular formula is C90H80S13. The third-order valence-corrected chi connectivity index (χ3v) is 36.9. The van der Waals surface area contributed by atoms with Crippen LogP contribution in [0.5, 0.6) is 0 Å². The minimum atomic E-state index is 1.04. The van der Waals surface area contributed by atoms with Crippen LogP contribution in [0.1, 0.15) is 133 Å². The Morgan fingerprint density at radius 1 is 0.214 bits per heavy atom. The van der Waals surface area contributed by atoms with Gasteiger partial charge in [-0.2, -0.15) is 0 Å². The zero-order valence-corrected chi connectivity index (χ0v) is 70.4. The number of benzene rings is 4. The molecule has 0 fully saturated rings. The largest absolute Gasteiger partial charge is 0.140 e. The number of rotatable bonds is 24. The SMILES string of the molecule is CCCCCc1cc(-c2cc(CCCCC)c(-c3c(CCCCC)cc(C)c4cc(-c5ccc(-c6ccc(C)s6)s5)sc34)c3sc(-c4ccc(-c5ccc(-c6ccc(-c7ccc(-c8cc9c(C)cc(C)c(C)c9s8)s7)s6)s5)s4)cc23)c2cc(-c3ccc(-c4ccc(-c5ccc(C)s5)s4)s3)sc2c1C. The summed E-state index contributed by atoms with van der Waals surface area (Å²) in [6, 6.07) is 62.9. The van der Waals surface area contributed by atoms with Crippen LogP contribution in [0.4, 0.5) is 0 Å². The van der Waals surface area contributed by atoms with Gasteiger partial charge < -0.3 is 0 Å². The minimum absolute atomic E-state index is 1.04. The van der Waals surface area contributed by atoms with Gasteiger partial charge >= 0.3 is 0 Å². The third kappa shape index (κ3) is 13.6. The van der Waals surface area contributed by atoms with Crippen molar-refractivity contribution in [3.8, 4) is 120 Å². The number of aryl methyl sites for hydroxylation is 10. The molecular weight excluding hydrogens is 1500 g/mol. The van der Waals surface area contributed by atoms with Crippen LogP contribution < -0.4 is 0 Å². The van der Waals surface area contributed by atoms with Crippen molar-refractivity contribution in [3.05, 3.63) is 212 Å². The molecule has 0 bridgehead atoms. The fraction of sp³-hybridized carbons (Fsp3) is 0.244. The summed E-state index contributed by atoms with van der Waals surface area (Å²) in [4.78, 5) is 29.7. The first-order valence-corrected chi connectivity index (χ1v) is 46.9. The van der Waals surface area contributed by atoms with Crippen LogP contribution in [0.2, 0.25) is 0 Å². The van der Waals surface area contributed by atoms with Gasteiger partial charge in [0.1, 0.15) is 0 Å². The maximum absolute atomic E-state index is 2.74. The minimum Gasteiger partial charge on any atom is -0.140 e. The second-order valence-electron chi connectivity index (χ2n) is 27.8. The highest BCUT2D eigenvalue weighted by atomic mass is 32.2. The molecule has 0 spiro atoms. The van der Waals surface area contributed by atoms with E-state index in [9.17, 15) is 0 Å². The van der Waals surface area contributed by atoms with Crippen molar-refractivity contribution >= 4 is 188 Å². The Morgan fingerprint density at radius 2 is 0.485 bits per heavy atom. The van der Waals surface area contributed by atoms with Crippen LogP contribution in [0.15, 0.2) is 158 Å². The Bertz CT molecular complexity index is 5980. The molecule has 0 saturated heterocycles. The van der Waals surface area contributed by atoms with Gasteiger partial charge in [0.2, 0.25) is 0 Å². The highest BCUT2D eigenvalue weighted by Crippen LogP contribution is 2.56. The molecule has 0 unspecified atom stereocenters. The molecule has 13 heterocycles. The monoisotopic (exact) mass is 1580 g/mol. The van der Waals surface area contributed by atoms with E-state index >= 15 is 0 Å². The van der Waals surface area contributed by atoms with Crippen LogP contribution in [0.3, 0.4) is 0 Å². The Hall–Kier alpha value is -5.98. The molecule has 0 saturated carbocycles. The molecule has 0 radical (unpaired) electrons. The lowest BCUT2D eigenvalue weighted by atomic mass is 9.84. The fourth-order valence-corrected chi connectivity index (χ4v) is 29.6. The molecule has 0 amide bonds. The van der Waals surface area contributed by atoms with E-state index in [0.717, 1.165) is 25.7 Å². The van der Waals surface area contributed by atoms with Gasteiger partial charge in [0, 0.05) is 148 Å². The van der Waals surface area contributed by atoms with Gasteiger partial charge in [-0.1, -0.05) is 77.5 Å². The molecule has 103 heavy (non-hydrogen) atoms. The van der Waals surface area contributed by atoms with E-state index < -0.39 is 0 Å². The highest BCUT2D eigenvalue weighted by molar-refractivity contribution is 7.33. The average molecular weight is 1580 g/mol. The summed E-state index contributed by atoms with van der Waals surface area (Å²) in [6.45, 7) is 23.1. The van der Waals surface area contributed by atoms with Crippen molar-refractivity contribution in [1.29, 1.82) is 0 Å². The first-order valence-electron chi connectivity index (χ1n) is 36.3. The van der Waals surface area contributed by atoms with E-state index in [4.69, 9.17) is 0 Å². The second-order valence-corrected chi connectivity index (χ2v) is 42.2. The molecule has 0 aliphatic rings. The predicted molar refractivity (Wildman–Crippen MR) is 477 cm³/mol. The van der Waals surface area contributed by atoms with E-state index in [0.29, 0.717) is 0 Å². The standard InChI is InChI=1S/C90H80S13/c1-11-14-17-20-56-43-61(63-47-83(101-88(63)55(56)10)79-39-35-74(98-79)71-28-27-67(93-71)65-25-23-52(7)91-65)62-44-58(22-19-16-13-3)86(85-57(21-18-15-12-2)42-51(6)60-46-82(102-89(60)85)78-37-33-68(96-78)66-26-24-53(8)92-66)90-64(62)48-84(103-90)80-40-36-76(99-80)73-32-30-70(95-73)69-29-31-72(94-69)75-34-38-77(97-75)81-45-59-50(5)41-49(4)54(9)87(59)100-81/h23-48H,11-22H2,1-10H3. The first kappa shape index (κ1) is 70.0. The van der Waals surface area contributed by atoms with Gasteiger partial charge in [-0.15, -0.1) is 147 Å². The van der Waals surface area contributed by atoms with E-state index in [2.05, 4.69) is 238 Å². The molecule has 17 rings (SSSR count). The smallest absolute Gasteiger partial charge is 0.0455 e. The quantitative estimate of drug-likeness (QED) is 0.0529. The van der Waals surface area contributed by atoms with E-state index in [1.807, 2.05) is 136 Å². The number of thiophene rings is 13. The van der Waals surface area contributed by atoms with Crippen LogP contribution in [0.25, 0.3) is 160 Å². The molecule has 4 aromatic carbocycles. The Morgan fingerprint density at radius 3 is 0.854 bits per heavy atom. The summed E-state index contributed by atoms with van der Waals surface area (Å²) in [5.74, 6) is 0. The molecule has 17 aromatic rings. The lowest BCUT2D eigenvalue weighted by molar-refractivity contribution is 0.715. The van der Waals surface area contributed by atoms with Gasteiger partial charge in [0.25, 0.3) is 0 Å². The van der Waals surface area contributed by atoms with Gasteiger partial charge in [-0.05, 0) is 293 Å². The van der Waals surface area contributed by atoms with Gasteiger partial charge in [-0.3, -0.25) is 0 Å². The molecule has 0 N–H and O–H groups in total. The summed E-state index contributed by atoms with van der Waals surface area (Å²) < 4.78 is 5.76. The Balaban J connectivity index is 0.809. The number of fused-ring (bicyclic) bond motifs is 4. The molecule has 0 nitrogen and oxygen atoms in total. The molecule has 0 aliphatic heterocycles. The normalized spacial score (nSPS) is 12.1. The molecule has 0 atom stereocenters. The lowest BCUT2D eigenvalue weighted by Crippen LogP contribution is -1.99. The Labute approximate surface area is 658 Å².